The van der Waals surface area contributed by atoms with Crippen molar-refractivity contribution in [2.45, 2.75) is 0 Å². The summed E-state index contributed by atoms with van der Waals surface area (Å²) in [7, 11) is 5.26. The van der Waals surface area contributed by atoms with Gasteiger partial charge in [-0.25, -0.2) is 5.48 Å². The van der Waals surface area contributed by atoms with Crippen molar-refractivity contribution in [2.75, 3.05) is 26.1 Å². The molecule has 0 saturated carbocycles. The summed E-state index contributed by atoms with van der Waals surface area (Å²) in [5.41, 5.74) is 3.83. The van der Waals surface area contributed by atoms with Crippen LogP contribution >= 0.6 is 0 Å². The Labute approximate surface area is 83.4 Å². The third kappa shape index (κ3) is 2.47. The smallest absolute Gasteiger partial charge is 0.274 e. The Morgan fingerprint density at radius 3 is 2.71 bits per heavy atom. The molecule has 76 valence electrons. The van der Waals surface area contributed by atoms with Crippen LogP contribution in [0.4, 0.5) is 5.69 Å². The predicted molar refractivity (Wildman–Crippen MR) is 55.2 cm³/mol. The quantitative estimate of drug-likeness (QED) is 0.731. The highest BCUT2D eigenvalue weighted by Crippen LogP contribution is 2.12. The van der Waals surface area contributed by atoms with Gasteiger partial charge in [0.05, 0.1) is 7.11 Å². The average Bonchev–Trinajstić information content (AvgIpc) is 2.18. The second kappa shape index (κ2) is 4.62. The van der Waals surface area contributed by atoms with Gasteiger partial charge in [0.1, 0.15) is 0 Å². The van der Waals surface area contributed by atoms with Gasteiger partial charge < -0.3 is 4.90 Å². The van der Waals surface area contributed by atoms with Crippen molar-refractivity contribution in [2.24, 2.45) is 0 Å². The largest absolute Gasteiger partial charge is 0.378 e. The van der Waals surface area contributed by atoms with E-state index in [1.165, 1.54) is 7.11 Å². The van der Waals surface area contributed by atoms with E-state index < -0.39 is 0 Å². The van der Waals surface area contributed by atoms with Gasteiger partial charge >= 0.3 is 0 Å². The Kier molecular flexibility index (Phi) is 3.48. The van der Waals surface area contributed by atoms with Crippen LogP contribution in [-0.4, -0.2) is 27.1 Å². The average molecular weight is 194 g/mol. The molecular weight excluding hydrogens is 180 g/mol. The zero-order valence-electron chi connectivity index (χ0n) is 8.57. The SMILES string of the molecule is CONC(=O)c1cccc(N(C)C)c1. The van der Waals surface area contributed by atoms with Crippen LogP contribution in [-0.2, 0) is 4.84 Å². The second-order valence-electron chi connectivity index (χ2n) is 3.08. The fourth-order valence-corrected chi connectivity index (χ4v) is 1.08. The van der Waals surface area contributed by atoms with Crippen LogP contribution in [0.25, 0.3) is 0 Å². The van der Waals surface area contributed by atoms with Crippen LogP contribution in [0.1, 0.15) is 10.4 Å². The van der Waals surface area contributed by atoms with E-state index in [9.17, 15) is 4.79 Å². The van der Waals surface area contributed by atoms with Crippen molar-refractivity contribution in [3.05, 3.63) is 29.8 Å². The summed E-state index contributed by atoms with van der Waals surface area (Å²) in [5.74, 6) is -0.240. The van der Waals surface area contributed by atoms with Crippen molar-refractivity contribution < 1.29 is 9.63 Å². The third-order valence-corrected chi connectivity index (χ3v) is 1.82. The molecule has 1 aromatic carbocycles. The van der Waals surface area contributed by atoms with Gasteiger partial charge in [-0.3, -0.25) is 9.63 Å². The topological polar surface area (TPSA) is 41.6 Å². The molecule has 0 atom stereocenters. The Bertz CT molecular complexity index is 324. The normalized spacial score (nSPS) is 9.64. The van der Waals surface area contributed by atoms with Gasteiger partial charge in [-0.1, -0.05) is 6.07 Å². The van der Waals surface area contributed by atoms with Crippen LogP contribution < -0.4 is 10.4 Å². The van der Waals surface area contributed by atoms with Crippen LogP contribution in [0.3, 0.4) is 0 Å². The predicted octanol–water partition coefficient (Wildman–Crippen LogP) is 1.04. The van der Waals surface area contributed by atoms with Gasteiger partial charge in [0.15, 0.2) is 0 Å². The number of hydroxylamine groups is 1. The highest BCUT2D eigenvalue weighted by atomic mass is 16.6. The molecule has 1 aromatic rings. The minimum Gasteiger partial charge on any atom is -0.378 e. The van der Waals surface area contributed by atoms with Gasteiger partial charge in [0.25, 0.3) is 5.91 Å². The number of benzene rings is 1. The van der Waals surface area contributed by atoms with Gasteiger partial charge in [-0.2, -0.15) is 0 Å². The molecule has 0 unspecified atom stereocenters. The standard InChI is InChI=1S/C10H14N2O2/c1-12(2)9-6-4-5-8(7-9)10(13)11-14-3/h4-7H,1-3H3,(H,11,13). The summed E-state index contributed by atoms with van der Waals surface area (Å²) in [4.78, 5) is 17.8. The number of carbonyl (C=O) groups is 1. The molecule has 14 heavy (non-hydrogen) atoms. The number of carbonyl (C=O) groups excluding carboxylic acids is 1. The first kappa shape index (κ1) is 10.5. The summed E-state index contributed by atoms with van der Waals surface area (Å²) in [5, 5.41) is 0. The van der Waals surface area contributed by atoms with Crippen molar-refractivity contribution in [3.8, 4) is 0 Å². The number of hydrogen-bond donors (Lipinski definition) is 1. The van der Waals surface area contributed by atoms with Crippen LogP contribution in [0.5, 0.6) is 0 Å². The van der Waals surface area contributed by atoms with Crippen LogP contribution in [0.2, 0.25) is 0 Å². The second-order valence-corrected chi connectivity index (χ2v) is 3.08. The maximum atomic E-state index is 11.4. The fraction of sp³-hybridized carbons (Fsp3) is 0.300. The van der Waals surface area contributed by atoms with E-state index in [2.05, 4.69) is 10.3 Å². The van der Waals surface area contributed by atoms with Crippen molar-refractivity contribution in [3.63, 3.8) is 0 Å². The number of nitrogens with one attached hydrogen (secondary N) is 1. The minimum atomic E-state index is -0.240. The van der Waals surface area contributed by atoms with Gasteiger partial charge in [-0.05, 0) is 18.2 Å². The third-order valence-electron chi connectivity index (χ3n) is 1.82. The van der Waals surface area contributed by atoms with Gasteiger partial charge in [0.2, 0.25) is 0 Å². The molecule has 0 heterocycles. The summed E-state index contributed by atoms with van der Waals surface area (Å²) >= 11 is 0. The molecule has 0 bridgehead atoms. The van der Waals surface area contributed by atoms with E-state index in [4.69, 9.17) is 0 Å². The molecule has 0 aliphatic carbocycles. The van der Waals surface area contributed by atoms with E-state index in [0.717, 1.165) is 5.69 Å². The van der Waals surface area contributed by atoms with E-state index in [0.29, 0.717) is 5.56 Å². The van der Waals surface area contributed by atoms with Gasteiger partial charge in [0, 0.05) is 25.3 Å². The molecule has 1 rings (SSSR count). The lowest BCUT2D eigenvalue weighted by molar-refractivity contribution is 0.0537. The maximum Gasteiger partial charge on any atom is 0.274 e. The van der Waals surface area contributed by atoms with E-state index >= 15 is 0 Å². The van der Waals surface area contributed by atoms with Crippen molar-refractivity contribution in [1.29, 1.82) is 0 Å². The molecular formula is C10H14N2O2. The lowest BCUT2D eigenvalue weighted by Gasteiger charge is -2.13. The van der Waals surface area contributed by atoms with Gasteiger partial charge in [-0.15, -0.1) is 0 Å². The molecule has 4 nitrogen and oxygen atoms in total. The summed E-state index contributed by atoms with van der Waals surface area (Å²) < 4.78 is 0. The Morgan fingerprint density at radius 1 is 1.43 bits per heavy atom. The maximum absolute atomic E-state index is 11.4. The first-order chi connectivity index (χ1) is 6.65. The molecule has 0 aliphatic rings. The highest BCUT2D eigenvalue weighted by Gasteiger charge is 2.05. The van der Waals surface area contributed by atoms with E-state index in [-0.39, 0.29) is 5.91 Å². The van der Waals surface area contributed by atoms with Crippen molar-refractivity contribution >= 4 is 11.6 Å². The van der Waals surface area contributed by atoms with E-state index in [1.807, 2.05) is 31.1 Å². The lowest BCUT2D eigenvalue weighted by atomic mass is 10.2. The Hall–Kier alpha value is -1.55. The fourth-order valence-electron chi connectivity index (χ4n) is 1.08. The van der Waals surface area contributed by atoms with Crippen LogP contribution in [0.15, 0.2) is 24.3 Å². The highest BCUT2D eigenvalue weighted by molar-refractivity contribution is 5.94. The number of nitrogens with zero attached hydrogens (tertiary/aromatic N) is 1. The molecule has 0 radical (unpaired) electrons. The molecule has 0 aromatic heterocycles. The number of anilines is 1. The molecule has 0 spiro atoms. The molecule has 1 amide bonds. The number of rotatable bonds is 3. The first-order valence-electron chi connectivity index (χ1n) is 4.26. The number of amides is 1. The zero-order valence-corrected chi connectivity index (χ0v) is 8.57. The van der Waals surface area contributed by atoms with Crippen molar-refractivity contribution in [1.82, 2.24) is 5.48 Å². The molecule has 0 saturated heterocycles. The monoisotopic (exact) mass is 194 g/mol. The molecule has 0 aliphatic heterocycles. The van der Waals surface area contributed by atoms with Crippen LogP contribution in [0, 0.1) is 0 Å². The summed E-state index contributed by atoms with van der Waals surface area (Å²) in [6, 6.07) is 7.30. The molecule has 1 N–H and O–H groups in total. The molecule has 0 fully saturated rings. The number of hydrogen-bond acceptors (Lipinski definition) is 3. The van der Waals surface area contributed by atoms with E-state index in [1.54, 1.807) is 12.1 Å². The first-order valence-corrected chi connectivity index (χ1v) is 4.26. The summed E-state index contributed by atoms with van der Waals surface area (Å²) in [6.45, 7) is 0. The Morgan fingerprint density at radius 2 is 2.14 bits per heavy atom. The minimum absolute atomic E-state index is 0.240. The summed E-state index contributed by atoms with van der Waals surface area (Å²) in [6.07, 6.45) is 0. The zero-order chi connectivity index (χ0) is 10.6. The lowest BCUT2D eigenvalue weighted by Crippen LogP contribution is -2.22. The molecule has 4 heteroatoms. The Balaban J connectivity index is 2.88.